The first-order chi connectivity index (χ1) is 12.7. The number of halogens is 2. The maximum atomic E-state index is 13.7. The van der Waals surface area contributed by atoms with Gasteiger partial charge in [-0.05, 0) is 31.7 Å². The molecule has 1 saturated heterocycles. The molecule has 140 valence electrons. The molecule has 8 nitrogen and oxygen atoms in total. The highest BCUT2D eigenvalue weighted by Crippen LogP contribution is 2.43. The highest BCUT2D eigenvalue weighted by atomic mass is 35.5. The van der Waals surface area contributed by atoms with E-state index < -0.39 is 5.82 Å². The second-order valence-corrected chi connectivity index (χ2v) is 6.35. The third-order valence-corrected chi connectivity index (χ3v) is 4.86. The van der Waals surface area contributed by atoms with Crippen LogP contribution in [0.25, 0.3) is 17.2 Å². The highest BCUT2D eigenvalue weighted by molar-refractivity contribution is 5.99. The molecule has 2 aliphatic rings. The molecule has 0 saturated carbocycles. The zero-order valence-electron chi connectivity index (χ0n) is 14.3. The number of amides is 1. The molecular formula is C17H16ClFN6O2. The number of carbonyl (C=O) groups is 1. The van der Waals surface area contributed by atoms with Gasteiger partial charge in [0.05, 0.1) is 29.5 Å². The van der Waals surface area contributed by atoms with Crippen molar-refractivity contribution in [2.24, 2.45) is 0 Å². The van der Waals surface area contributed by atoms with Crippen LogP contribution in [0.2, 0.25) is 0 Å². The first-order valence-corrected chi connectivity index (χ1v) is 8.33. The van der Waals surface area contributed by atoms with Crippen molar-refractivity contribution in [1.82, 2.24) is 29.9 Å². The lowest BCUT2D eigenvalue weighted by atomic mass is 9.97. The molecule has 0 spiro atoms. The summed E-state index contributed by atoms with van der Waals surface area (Å²) in [6.45, 7) is 1.08. The molecule has 1 fully saturated rings. The molecule has 5 rings (SSSR count). The Hall–Kier alpha value is -2.78. The zero-order chi connectivity index (χ0) is 17.8. The van der Waals surface area contributed by atoms with Crippen LogP contribution < -0.4 is 5.32 Å². The Morgan fingerprint density at radius 1 is 1.41 bits per heavy atom. The number of fused-ring (bicyclic) bond motifs is 5. The van der Waals surface area contributed by atoms with Crippen molar-refractivity contribution in [3.8, 4) is 17.2 Å². The van der Waals surface area contributed by atoms with Gasteiger partial charge in [0.25, 0.3) is 5.91 Å². The number of hydrogen-bond acceptors (Lipinski definition) is 6. The number of carbonyl (C=O) groups excluding carboxylic acids is 1. The third-order valence-electron chi connectivity index (χ3n) is 4.86. The van der Waals surface area contributed by atoms with Crippen LogP contribution in [-0.4, -0.2) is 44.1 Å². The number of aromatic nitrogens is 4. The van der Waals surface area contributed by atoms with E-state index in [1.54, 1.807) is 24.3 Å². The van der Waals surface area contributed by atoms with Gasteiger partial charge in [-0.3, -0.25) is 9.36 Å². The van der Waals surface area contributed by atoms with E-state index in [0.717, 1.165) is 12.1 Å². The molecule has 1 aromatic carbocycles. The summed E-state index contributed by atoms with van der Waals surface area (Å²) in [5, 5.41) is 6.98. The molecule has 0 radical (unpaired) electrons. The van der Waals surface area contributed by atoms with Gasteiger partial charge in [0, 0.05) is 6.54 Å². The van der Waals surface area contributed by atoms with Gasteiger partial charge in [0.15, 0.2) is 0 Å². The predicted octanol–water partition coefficient (Wildman–Crippen LogP) is 2.10. The van der Waals surface area contributed by atoms with Gasteiger partial charge < -0.3 is 14.7 Å². The molecule has 4 heterocycles. The summed E-state index contributed by atoms with van der Waals surface area (Å²) in [5.41, 5.74) is 2.35. The minimum Gasteiger partial charge on any atom is -0.337 e. The van der Waals surface area contributed by atoms with Gasteiger partial charge in [-0.15, -0.1) is 12.4 Å². The Bertz CT molecular complexity index is 1030. The quantitative estimate of drug-likeness (QED) is 0.736. The largest absolute Gasteiger partial charge is 0.337 e. The van der Waals surface area contributed by atoms with Crippen LogP contribution in [0.15, 0.2) is 29.0 Å². The Labute approximate surface area is 159 Å². The van der Waals surface area contributed by atoms with Crippen molar-refractivity contribution in [3.63, 3.8) is 0 Å². The lowest BCUT2D eigenvalue weighted by Crippen LogP contribution is -2.44. The summed E-state index contributed by atoms with van der Waals surface area (Å²) < 4.78 is 20.8. The number of benzene rings is 1. The zero-order valence-corrected chi connectivity index (χ0v) is 15.2. The first-order valence-electron chi connectivity index (χ1n) is 8.33. The van der Waals surface area contributed by atoms with E-state index >= 15 is 0 Å². The number of hydrogen-bond donors (Lipinski definition) is 1. The molecule has 0 aliphatic carbocycles. The maximum absolute atomic E-state index is 13.7. The summed E-state index contributed by atoms with van der Waals surface area (Å²) in [4.78, 5) is 23.4. The van der Waals surface area contributed by atoms with Gasteiger partial charge in [0.1, 0.15) is 17.8 Å². The first kappa shape index (κ1) is 17.6. The van der Waals surface area contributed by atoms with Crippen molar-refractivity contribution >= 4 is 18.3 Å². The van der Waals surface area contributed by atoms with Crippen LogP contribution in [0.1, 0.15) is 34.4 Å². The van der Waals surface area contributed by atoms with Crippen LogP contribution >= 0.6 is 12.4 Å². The smallest absolute Gasteiger partial charge is 0.256 e. The van der Waals surface area contributed by atoms with Gasteiger partial charge in [-0.2, -0.15) is 4.98 Å². The fourth-order valence-electron chi connectivity index (χ4n) is 3.57. The summed E-state index contributed by atoms with van der Waals surface area (Å²) in [5.74, 6) is 0.234. The molecule has 1 N–H and O–H groups in total. The van der Waals surface area contributed by atoms with E-state index in [4.69, 9.17) is 4.52 Å². The van der Waals surface area contributed by atoms with Crippen molar-refractivity contribution < 1.29 is 13.7 Å². The molecule has 1 atom stereocenters. The van der Waals surface area contributed by atoms with Crippen molar-refractivity contribution in [2.75, 3.05) is 13.6 Å². The van der Waals surface area contributed by atoms with E-state index in [-0.39, 0.29) is 24.4 Å². The summed E-state index contributed by atoms with van der Waals surface area (Å²) in [6, 6.07) is 4.09. The van der Waals surface area contributed by atoms with Crippen LogP contribution in [0.5, 0.6) is 0 Å². The fraction of sp³-hybridized carbons (Fsp3) is 0.294. The standard InChI is InChI=1S/C17H15FN6O2.ClH/c1-19-7-13-21-16(22-26-13)14-15-12-4-5-23(12)17(25)10-6-9(18)2-3-11(10)24(15)8-20-14;/h2-3,6,8,12,19H,4-5,7H2,1H3;1H/t12-;/m0./s1. The van der Waals surface area contributed by atoms with E-state index in [1.165, 1.54) is 12.1 Å². The number of rotatable bonds is 3. The number of nitrogens with one attached hydrogen (secondary N) is 1. The van der Waals surface area contributed by atoms with E-state index in [0.29, 0.717) is 41.7 Å². The predicted molar refractivity (Wildman–Crippen MR) is 95.2 cm³/mol. The maximum Gasteiger partial charge on any atom is 0.256 e. The molecule has 3 aromatic rings. The van der Waals surface area contributed by atoms with Gasteiger partial charge in [0.2, 0.25) is 11.7 Å². The summed E-state index contributed by atoms with van der Waals surface area (Å²) in [7, 11) is 1.79. The normalized spacial score (nSPS) is 17.3. The highest BCUT2D eigenvalue weighted by Gasteiger charge is 2.42. The lowest BCUT2D eigenvalue weighted by Gasteiger charge is -2.39. The molecule has 27 heavy (non-hydrogen) atoms. The number of nitrogens with zero attached hydrogens (tertiary/aromatic N) is 5. The Morgan fingerprint density at radius 3 is 3.00 bits per heavy atom. The van der Waals surface area contributed by atoms with Gasteiger partial charge >= 0.3 is 0 Å². The topological polar surface area (TPSA) is 89.1 Å². The minimum absolute atomic E-state index is 0. The van der Waals surface area contributed by atoms with Crippen LogP contribution in [-0.2, 0) is 6.54 Å². The molecule has 2 aliphatic heterocycles. The molecule has 10 heteroatoms. The van der Waals surface area contributed by atoms with E-state index in [1.807, 2.05) is 4.57 Å². The molecule has 1 amide bonds. The monoisotopic (exact) mass is 390 g/mol. The average molecular weight is 391 g/mol. The fourth-order valence-corrected chi connectivity index (χ4v) is 3.57. The van der Waals surface area contributed by atoms with Crippen molar-refractivity contribution in [3.05, 3.63) is 47.5 Å². The van der Waals surface area contributed by atoms with E-state index in [9.17, 15) is 9.18 Å². The van der Waals surface area contributed by atoms with Crippen LogP contribution in [0.4, 0.5) is 4.39 Å². The SMILES string of the molecule is CNCc1nc(-c2ncn3c2[C@@H]2CCN2C(=O)c2cc(F)ccc2-3)no1.Cl. The van der Waals surface area contributed by atoms with E-state index in [2.05, 4.69) is 20.4 Å². The Morgan fingerprint density at radius 2 is 2.26 bits per heavy atom. The van der Waals surface area contributed by atoms with Crippen LogP contribution in [0.3, 0.4) is 0 Å². The summed E-state index contributed by atoms with van der Waals surface area (Å²) in [6.07, 6.45) is 2.44. The second-order valence-electron chi connectivity index (χ2n) is 6.35. The number of imidazole rings is 1. The van der Waals surface area contributed by atoms with Crippen molar-refractivity contribution in [1.29, 1.82) is 0 Å². The Balaban J connectivity index is 0.00000180. The summed E-state index contributed by atoms with van der Waals surface area (Å²) >= 11 is 0. The van der Waals surface area contributed by atoms with Crippen LogP contribution in [0, 0.1) is 5.82 Å². The second kappa shape index (κ2) is 6.43. The molecular weight excluding hydrogens is 375 g/mol. The lowest BCUT2D eigenvalue weighted by molar-refractivity contribution is 0.0461. The van der Waals surface area contributed by atoms with Crippen molar-refractivity contribution in [2.45, 2.75) is 19.0 Å². The van der Waals surface area contributed by atoms with Gasteiger partial charge in [-0.1, -0.05) is 5.16 Å². The van der Waals surface area contributed by atoms with Gasteiger partial charge in [-0.25, -0.2) is 9.37 Å². The molecule has 0 bridgehead atoms. The molecule has 0 unspecified atom stereocenters. The third kappa shape index (κ3) is 2.54. The average Bonchev–Trinajstić information content (AvgIpc) is 3.20. The molecule has 2 aromatic heterocycles. The minimum atomic E-state index is -0.437. The Kier molecular flexibility index (Phi) is 4.20.